The van der Waals surface area contributed by atoms with Crippen molar-refractivity contribution >= 4 is 15.7 Å². The molecule has 0 saturated carbocycles. The van der Waals surface area contributed by atoms with Crippen molar-refractivity contribution in [3.8, 4) is 0 Å². The molecule has 24 heavy (non-hydrogen) atoms. The third-order valence-electron chi connectivity index (χ3n) is 3.74. The molecule has 1 heterocycles. The van der Waals surface area contributed by atoms with Crippen molar-refractivity contribution in [2.24, 2.45) is 0 Å². The van der Waals surface area contributed by atoms with Gasteiger partial charge < -0.3 is 5.32 Å². The predicted octanol–water partition coefficient (Wildman–Crippen LogP) is 1.44. The number of benzene rings is 1. The van der Waals surface area contributed by atoms with Gasteiger partial charge in [0.25, 0.3) is 0 Å². The van der Waals surface area contributed by atoms with Crippen LogP contribution in [0.15, 0.2) is 24.3 Å². The number of amides is 1. The van der Waals surface area contributed by atoms with Crippen molar-refractivity contribution in [1.29, 1.82) is 0 Å². The molecule has 0 aromatic heterocycles. The standard InChI is InChI=1S/C15H19F3N2O3S/c1-20(8-11-2-4-12(5-3-11)15(16,17)18)9-14(21)19-13-6-7-24(22,23)10-13/h2-5,13H,6-10H2,1H3,(H,19,21)/t13-/m1/s1. The van der Waals surface area contributed by atoms with Gasteiger partial charge in [-0.25, -0.2) is 8.42 Å². The molecule has 1 atom stereocenters. The molecule has 0 radical (unpaired) electrons. The maximum absolute atomic E-state index is 12.5. The molecule has 1 aliphatic heterocycles. The third-order valence-corrected chi connectivity index (χ3v) is 5.51. The number of carbonyl (C=O) groups is 1. The quantitative estimate of drug-likeness (QED) is 0.859. The summed E-state index contributed by atoms with van der Waals surface area (Å²) < 4.78 is 60.2. The summed E-state index contributed by atoms with van der Waals surface area (Å²) in [4.78, 5) is 13.6. The van der Waals surface area contributed by atoms with E-state index in [9.17, 15) is 26.4 Å². The summed E-state index contributed by atoms with van der Waals surface area (Å²) in [5.41, 5.74) is -0.0594. The van der Waals surface area contributed by atoms with E-state index in [1.54, 1.807) is 11.9 Å². The molecule has 2 rings (SSSR count). The highest BCUT2D eigenvalue weighted by atomic mass is 32.2. The summed E-state index contributed by atoms with van der Waals surface area (Å²) in [6.45, 7) is 0.353. The van der Waals surface area contributed by atoms with Gasteiger partial charge in [-0.3, -0.25) is 9.69 Å². The van der Waals surface area contributed by atoms with E-state index < -0.39 is 21.6 Å². The Morgan fingerprint density at radius 3 is 2.42 bits per heavy atom. The van der Waals surface area contributed by atoms with Crippen LogP contribution in [0.1, 0.15) is 17.5 Å². The van der Waals surface area contributed by atoms with Crippen LogP contribution in [0.3, 0.4) is 0 Å². The van der Waals surface area contributed by atoms with E-state index in [-0.39, 0.29) is 30.0 Å². The van der Waals surface area contributed by atoms with Gasteiger partial charge in [-0.1, -0.05) is 12.1 Å². The number of alkyl halides is 3. The Bertz CT molecular complexity index is 687. The molecular weight excluding hydrogens is 345 g/mol. The number of halogens is 3. The Morgan fingerprint density at radius 1 is 1.29 bits per heavy atom. The lowest BCUT2D eigenvalue weighted by molar-refractivity contribution is -0.137. The van der Waals surface area contributed by atoms with Gasteiger partial charge in [0.1, 0.15) is 0 Å². The van der Waals surface area contributed by atoms with Gasteiger partial charge in [-0.05, 0) is 31.2 Å². The average Bonchev–Trinajstić information content (AvgIpc) is 2.77. The lowest BCUT2D eigenvalue weighted by atomic mass is 10.1. The molecule has 1 aromatic carbocycles. The molecule has 5 nitrogen and oxygen atoms in total. The number of rotatable bonds is 5. The van der Waals surface area contributed by atoms with Crippen molar-refractivity contribution < 1.29 is 26.4 Å². The van der Waals surface area contributed by atoms with Gasteiger partial charge in [-0.15, -0.1) is 0 Å². The van der Waals surface area contributed by atoms with Crippen molar-refractivity contribution in [3.05, 3.63) is 35.4 Å². The first-order valence-corrected chi connectivity index (χ1v) is 9.22. The second kappa shape index (κ2) is 7.10. The van der Waals surface area contributed by atoms with Gasteiger partial charge in [0.05, 0.1) is 23.6 Å². The highest BCUT2D eigenvalue weighted by molar-refractivity contribution is 7.91. The van der Waals surface area contributed by atoms with Crippen molar-refractivity contribution in [2.45, 2.75) is 25.2 Å². The minimum absolute atomic E-state index is 0.0393. The van der Waals surface area contributed by atoms with Crippen LogP contribution < -0.4 is 5.32 Å². The fourth-order valence-electron chi connectivity index (χ4n) is 2.59. The van der Waals surface area contributed by atoms with Gasteiger partial charge in [0.2, 0.25) is 5.91 Å². The molecule has 0 unspecified atom stereocenters. The van der Waals surface area contributed by atoms with Crippen LogP contribution in [0.25, 0.3) is 0 Å². The van der Waals surface area contributed by atoms with E-state index in [2.05, 4.69) is 5.32 Å². The van der Waals surface area contributed by atoms with Crippen LogP contribution in [0.2, 0.25) is 0 Å². The summed E-state index contributed by atoms with van der Waals surface area (Å²) in [7, 11) is -1.39. The lowest BCUT2D eigenvalue weighted by Gasteiger charge is -2.18. The van der Waals surface area contributed by atoms with Crippen LogP contribution >= 0.6 is 0 Å². The Balaban J connectivity index is 1.82. The second-order valence-electron chi connectivity index (χ2n) is 6.03. The molecule has 9 heteroatoms. The summed E-state index contributed by atoms with van der Waals surface area (Å²) in [6.07, 6.45) is -3.96. The van der Waals surface area contributed by atoms with E-state index in [1.807, 2.05) is 0 Å². The molecular formula is C15H19F3N2O3S. The first-order valence-electron chi connectivity index (χ1n) is 7.40. The highest BCUT2D eigenvalue weighted by Gasteiger charge is 2.30. The summed E-state index contributed by atoms with van der Waals surface area (Å²) >= 11 is 0. The minimum atomic E-state index is -4.37. The number of hydrogen-bond donors (Lipinski definition) is 1. The zero-order chi connectivity index (χ0) is 18.0. The van der Waals surface area contributed by atoms with Crippen LogP contribution in [-0.2, 0) is 27.4 Å². The second-order valence-corrected chi connectivity index (χ2v) is 8.26. The van der Waals surface area contributed by atoms with Gasteiger partial charge in [0, 0.05) is 12.6 Å². The molecule has 1 N–H and O–H groups in total. The number of carbonyl (C=O) groups excluding carboxylic acids is 1. The van der Waals surface area contributed by atoms with Crippen molar-refractivity contribution in [2.75, 3.05) is 25.1 Å². The normalized spacial score (nSPS) is 20.3. The highest BCUT2D eigenvalue weighted by Crippen LogP contribution is 2.29. The zero-order valence-electron chi connectivity index (χ0n) is 13.1. The van der Waals surface area contributed by atoms with E-state index >= 15 is 0 Å². The van der Waals surface area contributed by atoms with E-state index in [0.29, 0.717) is 18.5 Å². The SMILES string of the molecule is CN(CC(=O)N[C@@H]1CCS(=O)(=O)C1)Cc1ccc(C(F)(F)F)cc1. The smallest absolute Gasteiger partial charge is 0.351 e. The van der Waals surface area contributed by atoms with Crippen molar-refractivity contribution in [1.82, 2.24) is 10.2 Å². The Labute approximate surface area is 138 Å². The Hall–Kier alpha value is -1.61. The maximum atomic E-state index is 12.5. The predicted molar refractivity (Wildman–Crippen MR) is 83.0 cm³/mol. The van der Waals surface area contributed by atoms with Gasteiger partial charge in [0.15, 0.2) is 9.84 Å². The summed E-state index contributed by atoms with van der Waals surface area (Å²) in [6, 6.07) is 4.41. The zero-order valence-corrected chi connectivity index (χ0v) is 14.0. The van der Waals surface area contributed by atoms with Crippen LogP contribution in [-0.4, -0.2) is 50.4 Å². The first kappa shape index (κ1) is 18.7. The van der Waals surface area contributed by atoms with E-state index in [1.165, 1.54) is 12.1 Å². The Morgan fingerprint density at radius 2 is 1.92 bits per heavy atom. The molecule has 1 aliphatic rings. The maximum Gasteiger partial charge on any atom is 0.416 e. The third kappa shape index (κ3) is 5.48. The van der Waals surface area contributed by atoms with Crippen LogP contribution in [0.5, 0.6) is 0 Å². The number of nitrogens with zero attached hydrogens (tertiary/aromatic N) is 1. The monoisotopic (exact) mass is 364 g/mol. The average molecular weight is 364 g/mol. The van der Waals surface area contributed by atoms with Crippen LogP contribution in [0, 0.1) is 0 Å². The number of hydrogen-bond acceptors (Lipinski definition) is 4. The van der Waals surface area contributed by atoms with E-state index in [0.717, 1.165) is 12.1 Å². The molecule has 0 aliphatic carbocycles. The van der Waals surface area contributed by atoms with Crippen molar-refractivity contribution in [3.63, 3.8) is 0 Å². The molecule has 0 spiro atoms. The number of nitrogens with one attached hydrogen (secondary N) is 1. The fourth-order valence-corrected chi connectivity index (χ4v) is 4.27. The molecule has 134 valence electrons. The molecule has 0 bridgehead atoms. The van der Waals surface area contributed by atoms with Crippen LogP contribution in [0.4, 0.5) is 13.2 Å². The number of likely N-dealkylation sites (N-methyl/N-ethyl adjacent to an activating group) is 1. The molecule has 1 amide bonds. The largest absolute Gasteiger partial charge is 0.416 e. The summed E-state index contributed by atoms with van der Waals surface area (Å²) in [5, 5.41) is 2.67. The topological polar surface area (TPSA) is 66.5 Å². The minimum Gasteiger partial charge on any atom is -0.351 e. The van der Waals surface area contributed by atoms with E-state index in [4.69, 9.17) is 0 Å². The Kier molecular flexibility index (Phi) is 5.54. The van der Waals surface area contributed by atoms with Gasteiger partial charge >= 0.3 is 6.18 Å². The molecule has 1 fully saturated rings. The van der Waals surface area contributed by atoms with Gasteiger partial charge in [-0.2, -0.15) is 13.2 Å². The lowest BCUT2D eigenvalue weighted by Crippen LogP contribution is -2.41. The molecule has 1 aromatic rings. The summed E-state index contributed by atoms with van der Waals surface area (Å²) in [5.74, 6) is -0.257. The molecule has 1 saturated heterocycles. The first-order chi connectivity index (χ1) is 11.0. The number of sulfone groups is 1. The fraction of sp³-hybridized carbons (Fsp3) is 0.533.